The second kappa shape index (κ2) is 9.26. The summed E-state index contributed by atoms with van der Waals surface area (Å²) < 4.78 is 8.65. The summed E-state index contributed by atoms with van der Waals surface area (Å²) >= 11 is 1.35. The van der Waals surface area contributed by atoms with E-state index in [-0.39, 0.29) is 16.6 Å². The van der Waals surface area contributed by atoms with E-state index in [2.05, 4.69) is 10.2 Å². The van der Waals surface area contributed by atoms with E-state index < -0.39 is 0 Å². The Bertz CT molecular complexity index is 1360. The summed E-state index contributed by atoms with van der Waals surface area (Å²) in [7, 11) is 1.64. The largest absolute Gasteiger partial charge is 0.385 e. The van der Waals surface area contributed by atoms with Gasteiger partial charge in [0.15, 0.2) is 10.9 Å². The van der Waals surface area contributed by atoms with E-state index in [1.807, 2.05) is 67.6 Å². The Balaban J connectivity index is 1.75. The van der Waals surface area contributed by atoms with Crippen LogP contribution in [0.25, 0.3) is 16.7 Å². The Kier molecular flexibility index (Phi) is 6.43. The molecule has 8 heteroatoms. The standard InChI is InChI=1S/C24H26N4O3S/c1-15-10-11-18(14-16(15)2)21(29)17(3)32-24-26-25-23-27(12-7-13-31-4)22(30)19-8-5-6-9-20(19)28(23)24/h5-6,8-11,14,17H,7,12-13H2,1-4H3. The number of carbonyl (C=O) groups is 1. The number of carbonyl (C=O) groups excluding carboxylic acids is 1. The molecule has 0 aliphatic heterocycles. The van der Waals surface area contributed by atoms with E-state index in [1.54, 1.807) is 11.7 Å². The normalized spacial score (nSPS) is 12.5. The molecule has 0 aliphatic rings. The van der Waals surface area contributed by atoms with E-state index in [9.17, 15) is 9.59 Å². The van der Waals surface area contributed by atoms with Crippen LogP contribution in [0, 0.1) is 13.8 Å². The molecule has 0 aliphatic carbocycles. The van der Waals surface area contributed by atoms with Crippen molar-refractivity contribution in [3.05, 3.63) is 69.5 Å². The third kappa shape index (κ3) is 4.08. The van der Waals surface area contributed by atoms with Crippen molar-refractivity contribution in [3.8, 4) is 0 Å². The monoisotopic (exact) mass is 450 g/mol. The molecule has 4 rings (SSSR count). The first-order valence-electron chi connectivity index (χ1n) is 10.6. The van der Waals surface area contributed by atoms with Crippen molar-refractivity contribution < 1.29 is 9.53 Å². The highest BCUT2D eigenvalue weighted by molar-refractivity contribution is 8.00. The van der Waals surface area contributed by atoms with Gasteiger partial charge in [-0.25, -0.2) is 0 Å². The van der Waals surface area contributed by atoms with Crippen molar-refractivity contribution in [1.29, 1.82) is 0 Å². The van der Waals surface area contributed by atoms with Gasteiger partial charge in [0, 0.05) is 25.8 Å². The molecule has 7 nitrogen and oxygen atoms in total. The Hall–Kier alpha value is -2.97. The zero-order valence-electron chi connectivity index (χ0n) is 18.7. The highest BCUT2D eigenvalue weighted by atomic mass is 32.2. The van der Waals surface area contributed by atoms with Crippen LogP contribution < -0.4 is 5.56 Å². The Labute approximate surface area is 190 Å². The predicted molar refractivity (Wildman–Crippen MR) is 127 cm³/mol. The van der Waals surface area contributed by atoms with Crippen LogP contribution in [0.3, 0.4) is 0 Å². The summed E-state index contributed by atoms with van der Waals surface area (Å²) in [5.74, 6) is 0.505. The number of para-hydroxylation sites is 1. The van der Waals surface area contributed by atoms with Crippen LogP contribution in [0.2, 0.25) is 0 Å². The molecule has 0 radical (unpaired) electrons. The molecule has 2 heterocycles. The number of thioether (sulfide) groups is 1. The number of aromatic nitrogens is 4. The quantitative estimate of drug-likeness (QED) is 0.229. The summed E-state index contributed by atoms with van der Waals surface area (Å²) in [4.78, 5) is 26.2. The van der Waals surface area contributed by atoms with Crippen molar-refractivity contribution in [2.75, 3.05) is 13.7 Å². The number of ether oxygens (including phenoxy) is 1. The van der Waals surface area contributed by atoms with E-state index in [4.69, 9.17) is 4.74 Å². The van der Waals surface area contributed by atoms with Crippen LogP contribution in [0.4, 0.5) is 0 Å². The number of fused-ring (bicyclic) bond motifs is 3. The summed E-state index contributed by atoms with van der Waals surface area (Å²) in [6.45, 7) is 6.93. The molecule has 0 spiro atoms. The molecule has 166 valence electrons. The minimum absolute atomic E-state index is 0.0348. The number of Topliss-reactive ketones (excluding diaryl/α,β-unsaturated/α-hetero) is 1. The molecule has 0 fully saturated rings. The molecule has 0 N–H and O–H groups in total. The minimum atomic E-state index is -0.364. The number of hydrogen-bond donors (Lipinski definition) is 0. The highest BCUT2D eigenvalue weighted by Crippen LogP contribution is 2.27. The van der Waals surface area contributed by atoms with Crippen LogP contribution in [0.15, 0.2) is 52.4 Å². The zero-order valence-corrected chi connectivity index (χ0v) is 19.5. The molecule has 0 saturated heterocycles. The fourth-order valence-corrected chi connectivity index (χ4v) is 4.65. The molecular formula is C24H26N4O3S. The lowest BCUT2D eigenvalue weighted by Gasteiger charge is -2.13. The highest BCUT2D eigenvalue weighted by Gasteiger charge is 2.22. The molecular weight excluding hydrogens is 424 g/mol. The topological polar surface area (TPSA) is 78.5 Å². The average Bonchev–Trinajstić information content (AvgIpc) is 3.21. The lowest BCUT2D eigenvalue weighted by molar-refractivity contribution is 0.0993. The number of ketones is 1. The average molecular weight is 451 g/mol. The third-order valence-corrected chi connectivity index (χ3v) is 6.69. The fraction of sp³-hybridized carbons (Fsp3) is 0.333. The van der Waals surface area contributed by atoms with Gasteiger partial charge in [-0.05, 0) is 56.5 Å². The molecule has 0 bridgehead atoms. The van der Waals surface area contributed by atoms with Gasteiger partial charge in [0.2, 0.25) is 5.78 Å². The molecule has 4 aromatic rings. The van der Waals surface area contributed by atoms with Gasteiger partial charge in [0.05, 0.1) is 16.2 Å². The van der Waals surface area contributed by atoms with Gasteiger partial charge in [0.25, 0.3) is 5.56 Å². The first-order valence-corrected chi connectivity index (χ1v) is 11.4. The van der Waals surface area contributed by atoms with Crippen LogP contribution in [-0.2, 0) is 11.3 Å². The molecule has 1 unspecified atom stereocenters. The van der Waals surface area contributed by atoms with Crippen LogP contribution >= 0.6 is 11.8 Å². The second-order valence-corrected chi connectivity index (χ2v) is 9.17. The van der Waals surface area contributed by atoms with E-state index in [0.29, 0.717) is 41.5 Å². The van der Waals surface area contributed by atoms with Gasteiger partial charge in [-0.2, -0.15) is 0 Å². The van der Waals surface area contributed by atoms with Crippen LogP contribution in [0.5, 0.6) is 0 Å². The van der Waals surface area contributed by atoms with Gasteiger partial charge < -0.3 is 4.74 Å². The number of hydrogen-bond acceptors (Lipinski definition) is 6. The second-order valence-electron chi connectivity index (χ2n) is 7.86. The molecule has 0 saturated carbocycles. The predicted octanol–water partition coefficient (Wildman–Crippen LogP) is 4.06. The number of nitrogens with zero attached hydrogens (tertiary/aromatic N) is 4. The zero-order chi connectivity index (χ0) is 22.8. The summed E-state index contributed by atoms with van der Waals surface area (Å²) in [5, 5.41) is 9.49. The number of benzene rings is 2. The minimum Gasteiger partial charge on any atom is -0.385 e. The van der Waals surface area contributed by atoms with Gasteiger partial charge >= 0.3 is 0 Å². The Morgan fingerprint density at radius 1 is 1.12 bits per heavy atom. The summed E-state index contributed by atoms with van der Waals surface area (Å²) in [6.07, 6.45) is 0.682. The van der Waals surface area contributed by atoms with Crippen LogP contribution in [0.1, 0.15) is 34.8 Å². The van der Waals surface area contributed by atoms with E-state index >= 15 is 0 Å². The smallest absolute Gasteiger partial charge is 0.262 e. The third-order valence-electron chi connectivity index (χ3n) is 5.65. The first kappa shape index (κ1) is 22.2. The van der Waals surface area contributed by atoms with Crippen molar-refractivity contribution in [1.82, 2.24) is 19.2 Å². The first-order chi connectivity index (χ1) is 15.4. The SMILES string of the molecule is COCCCn1c(=O)c2ccccc2n2c(SC(C)C(=O)c3ccc(C)c(C)c3)nnc12. The number of aryl methyl sites for hydroxylation is 3. The summed E-state index contributed by atoms with van der Waals surface area (Å²) in [6, 6.07) is 13.2. The van der Waals surface area contributed by atoms with Crippen molar-refractivity contribution in [2.45, 2.75) is 44.1 Å². The molecule has 2 aromatic heterocycles. The lowest BCUT2D eigenvalue weighted by atomic mass is 10.0. The molecule has 2 aromatic carbocycles. The van der Waals surface area contributed by atoms with E-state index in [0.717, 1.165) is 16.6 Å². The molecule has 0 amide bonds. The van der Waals surface area contributed by atoms with Crippen molar-refractivity contribution >= 4 is 34.2 Å². The Morgan fingerprint density at radius 3 is 2.66 bits per heavy atom. The fourth-order valence-electron chi connectivity index (χ4n) is 3.72. The lowest BCUT2D eigenvalue weighted by Crippen LogP contribution is -2.24. The van der Waals surface area contributed by atoms with Gasteiger partial charge in [-0.1, -0.05) is 36.0 Å². The van der Waals surface area contributed by atoms with Crippen molar-refractivity contribution in [3.63, 3.8) is 0 Å². The van der Waals surface area contributed by atoms with Crippen LogP contribution in [-0.4, -0.2) is 43.9 Å². The maximum atomic E-state index is 13.1. The number of methoxy groups -OCH3 is 1. The van der Waals surface area contributed by atoms with Gasteiger partial charge in [-0.15, -0.1) is 10.2 Å². The maximum Gasteiger partial charge on any atom is 0.262 e. The van der Waals surface area contributed by atoms with Gasteiger partial charge in [0.1, 0.15) is 0 Å². The van der Waals surface area contributed by atoms with Crippen molar-refractivity contribution in [2.24, 2.45) is 0 Å². The molecule has 1 atom stereocenters. The molecule has 32 heavy (non-hydrogen) atoms. The maximum absolute atomic E-state index is 13.1. The Morgan fingerprint density at radius 2 is 1.91 bits per heavy atom. The van der Waals surface area contributed by atoms with E-state index in [1.165, 1.54) is 11.8 Å². The number of rotatable bonds is 8. The summed E-state index contributed by atoms with van der Waals surface area (Å²) in [5.41, 5.74) is 3.56. The van der Waals surface area contributed by atoms with Gasteiger partial charge in [-0.3, -0.25) is 18.6 Å².